The van der Waals surface area contributed by atoms with Crippen LogP contribution in [0, 0.1) is 0 Å². The summed E-state index contributed by atoms with van der Waals surface area (Å²) in [4.78, 5) is 12.1. The minimum atomic E-state index is -1.24. The van der Waals surface area contributed by atoms with E-state index in [-0.39, 0.29) is 19.0 Å². The lowest BCUT2D eigenvalue weighted by Crippen LogP contribution is -2.25. The molecule has 0 aliphatic carbocycles. The Morgan fingerprint density at radius 3 is 1.86 bits per heavy atom. The number of benzene rings is 1. The molecule has 0 amide bonds. The zero-order valence-electron chi connectivity index (χ0n) is 15.2. The molecule has 6 N–H and O–H groups in total. The molecular weight excluding hydrogens is 376 g/mol. The molecule has 10 heteroatoms. The third kappa shape index (κ3) is 9.13. The van der Waals surface area contributed by atoms with E-state index in [4.69, 9.17) is 29.5 Å². The van der Waals surface area contributed by atoms with Crippen molar-refractivity contribution in [2.24, 2.45) is 0 Å². The predicted octanol–water partition coefficient (Wildman–Crippen LogP) is -1.97. The Morgan fingerprint density at radius 2 is 1.32 bits per heavy atom. The van der Waals surface area contributed by atoms with E-state index in [1.54, 1.807) is 24.3 Å². The van der Waals surface area contributed by atoms with Gasteiger partial charge in [0.2, 0.25) is 5.76 Å². The van der Waals surface area contributed by atoms with E-state index in [1.807, 2.05) is 0 Å². The fourth-order valence-electron chi connectivity index (χ4n) is 1.75. The van der Waals surface area contributed by atoms with Crippen molar-refractivity contribution < 1.29 is 49.6 Å². The number of aliphatic hydroxyl groups excluding tert-OH is 6. The van der Waals surface area contributed by atoms with E-state index >= 15 is 0 Å². The molecule has 28 heavy (non-hydrogen) atoms. The zero-order valence-corrected chi connectivity index (χ0v) is 15.2. The van der Waals surface area contributed by atoms with Crippen LogP contribution in [0.1, 0.15) is 5.56 Å². The molecule has 0 heterocycles. The van der Waals surface area contributed by atoms with Gasteiger partial charge in [0.1, 0.15) is 43.9 Å². The summed E-state index contributed by atoms with van der Waals surface area (Å²) in [6.07, 6.45) is -2.11. The van der Waals surface area contributed by atoms with Crippen molar-refractivity contribution in [2.45, 2.75) is 18.3 Å². The number of hydrogen-bond donors (Lipinski definition) is 6. The van der Waals surface area contributed by atoms with Gasteiger partial charge in [0.25, 0.3) is 0 Å². The lowest BCUT2D eigenvalue weighted by Gasteiger charge is -2.14. The molecule has 0 radical (unpaired) electrons. The number of carbonyl (C=O) groups is 1. The van der Waals surface area contributed by atoms with Crippen LogP contribution < -0.4 is 4.74 Å². The van der Waals surface area contributed by atoms with Gasteiger partial charge in [-0.1, -0.05) is 12.1 Å². The fraction of sp³-hybridized carbons (Fsp3) is 0.500. The highest BCUT2D eigenvalue weighted by atomic mass is 16.6. The van der Waals surface area contributed by atoms with Crippen molar-refractivity contribution in [3.8, 4) is 5.75 Å². The molecule has 0 aliphatic rings. The van der Waals surface area contributed by atoms with E-state index in [0.717, 1.165) is 0 Å². The highest BCUT2D eigenvalue weighted by molar-refractivity contribution is 5.91. The second-order valence-electron chi connectivity index (χ2n) is 5.81. The molecule has 0 fully saturated rings. The van der Waals surface area contributed by atoms with Gasteiger partial charge >= 0.3 is 5.97 Å². The molecule has 3 unspecified atom stereocenters. The predicted molar refractivity (Wildman–Crippen MR) is 96.1 cm³/mol. The summed E-state index contributed by atoms with van der Waals surface area (Å²) in [7, 11) is 0. The monoisotopic (exact) mass is 402 g/mol. The Balaban J connectivity index is 2.83. The number of hydrogen-bond acceptors (Lipinski definition) is 10. The molecule has 1 rings (SSSR count). The maximum absolute atomic E-state index is 12.1. The summed E-state index contributed by atoms with van der Waals surface area (Å²) in [6.45, 7) is -2.45. The molecule has 10 nitrogen and oxygen atoms in total. The first-order valence-corrected chi connectivity index (χ1v) is 8.50. The minimum Gasteiger partial charge on any atom is -0.491 e. The van der Waals surface area contributed by atoms with Gasteiger partial charge < -0.3 is 44.8 Å². The largest absolute Gasteiger partial charge is 0.491 e. The number of esters is 1. The van der Waals surface area contributed by atoms with Crippen molar-refractivity contribution in [1.82, 2.24) is 0 Å². The lowest BCUT2D eigenvalue weighted by molar-refractivity contribution is -0.147. The average molecular weight is 402 g/mol. The van der Waals surface area contributed by atoms with Crippen molar-refractivity contribution >= 4 is 12.0 Å². The van der Waals surface area contributed by atoms with Gasteiger partial charge in [0, 0.05) is 0 Å². The first kappa shape index (κ1) is 23.8. The number of ether oxygens (including phenoxy) is 3. The average Bonchev–Trinajstić information content (AvgIpc) is 2.73. The molecule has 0 saturated heterocycles. The normalized spacial score (nSPS) is 14.9. The fourth-order valence-corrected chi connectivity index (χ4v) is 1.75. The summed E-state index contributed by atoms with van der Waals surface area (Å²) in [5, 5.41) is 54.3. The summed E-state index contributed by atoms with van der Waals surface area (Å²) < 4.78 is 15.3. The van der Waals surface area contributed by atoms with E-state index in [2.05, 4.69) is 0 Å². The quantitative estimate of drug-likeness (QED) is 0.124. The molecule has 3 atom stereocenters. The third-order valence-corrected chi connectivity index (χ3v) is 3.29. The van der Waals surface area contributed by atoms with Crippen LogP contribution in [0.4, 0.5) is 0 Å². The Morgan fingerprint density at radius 1 is 0.821 bits per heavy atom. The number of rotatable bonds is 13. The van der Waals surface area contributed by atoms with Crippen LogP contribution in [0.15, 0.2) is 30.0 Å². The van der Waals surface area contributed by atoms with Crippen molar-refractivity contribution in [3.05, 3.63) is 35.6 Å². The van der Waals surface area contributed by atoms with E-state index in [9.17, 15) is 20.1 Å². The maximum atomic E-state index is 12.1. The topological polar surface area (TPSA) is 166 Å². The highest BCUT2D eigenvalue weighted by Gasteiger charge is 2.17. The van der Waals surface area contributed by atoms with Crippen molar-refractivity contribution in [3.63, 3.8) is 0 Å². The molecular formula is C18H26O10. The molecule has 0 saturated carbocycles. The summed E-state index contributed by atoms with van der Waals surface area (Å²) in [5.74, 6) is -0.775. The van der Waals surface area contributed by atoms with Crippen LogP contribution in [-0.4, -0.2) is 94.6 Å². The maximum Gasteiger partial charge on any atom is 0.373 e. The standard InChI is InChI=1S/C18H26O10/c19-6-13(22)9-26-16-3-1-12(2-4-16)5-17(27-10-14(23)7-20)18(25)28-11-15(24)8-21/h1-5,13-15,19-24H,6-11H2. The molecule has 0 bridgehead atoms. The van der Waals surface area contributed by atoms with Gasteiger partial charge in [0.15, 0.2) is 0 Å². The van der Waals surface area contributed by atoms with Crippen LogP contribution in [0.2, 0.25) is 0 Å². The van der Waals surface area contributed by atoms with Gasteiger partial charge in [-0.15, -0.1) is 0 Å². The number of aliphatic hydroxyl groups is 6. The Kier molecular flexibility index (Phi) is 11.1. The molecule has 1 aromatic carbocycles. The molecule has 0 spiro atoms. The lowest BCUT2D eigenvalue weighted by atomic mass is 10.2. The first-order chi connectivity index (χ1) is 13.4. The van der Waals surface area contributed by atoms with Crippen LogP contribution in [0.5, 0.6) is 5.75 Å². The van der Waals surface area contributed by atoms with E-state index in [1.165, 1.54) is 6.08 Å². The zero-order chi connectivity index (χ0) is 20.9. The van der Waals surface area contributed by atoms with Crippen molar-refractivity contribution in [1.29, 1.82) is 0 Å². The molecule has 0 aliphatic heterocycles. The van der Waals surface area contributed by atoms with Gasteiger partial charge in [-0.2, -0.15) is 0 Å². The number of carbonyl (C=O) groups excluding carboxylic acids is 1. The molecule has 1 aromatic rings. The summed E-state index contributed by atoms with van der Waals surface area (Å²) >= 11 is 0. The first-order valence-electron chi connectivity index (χ1n) is 8.50. The Hall–Kier alpha value is -2.21. The molecule has 158 valence electrons. The second-order valence-corrected chi connectivity index (χ2v) is 5.81. The summed E-state index contributed by atoms with van der Waals surface area (Å²) in [5.41, 5.74) is 0.517. The van der Waals surface area contributed by atoms with Gasteiger partial charge in [-0.3, -0.25) is 0 Å². The van der Waals surface area contributed by atoms with E-state index in [0.29, 0.717) is 11.3 Å². The van der Waals surface area contributed by atoms with Crippen LogP contribution in [0.3, 0.4) is 0 Å². The summed E-state index contributed by atoms with van der Waals surface area (Å²) in [6, 6.07) is 6.30. The van der Waals surface area contributed by atoms with E-state index < -0.39 is 50.7 Å². The highest BCUT2D eigenvalue weighted by Crippen LogP contribution is 2.16. The van der Waals surface area contributed by atoms with Crippen LogP contribution in [0.25, 0.3) is 6.08 Å². The minimum absolute atomic E-state index is 0.0847. The third-order valence-electron chi connectivity index (χ3n) is 3.29. The van der Waals surface area contributed by atoms with Gasteiger partial charge in [0.05, 0.1) is 19.8 Å². The Bertz CT molecular complexity index is 601. The molecule has 0 aromatic heterocycles. The van der Waals surface area contributed by atoms with Crippen LogP contribution >= 0.6 is 0 Å². The van der Waals surface area contributed by atoms with Gasteiger partial charge in [-0.25, -0.2) is 4.79 Å². The smallest absolute Gasteiger partial charge is 0.373 e. The SMILES string of the molecule is O=C(OCC(O)CO)C(=Cc1ccc(OCC(O)CO)cc1)OCC(O)CO. The second kappa shape index (κ2) is 13.0. The van der Waals surface area contributed by atoms with Crippen LogP contribution in [-0.2, 0) is 14.3 Å². The Labute approximate surface area is 161 Å². The van der Waals surface area contributed by atoms with Crippen molar-refractivity contribution in [2.75, 3.05) is 39.6 Å². The van der Waals surface area contributed by atoms with Gasteiger partial charge in [-0.05, 0) is 23.8 Å².